The van der Waals surface area contributed by atoms with Crippen molar-refractivity contribution in [2.24, 2.45) is 0 Å². The highest BCUT2D eigenvalue weighted by atomic mass is 16.8. The zero-order valence-corrected chi connectivity index (χ0v) is 9.16. The molecule has 7 heteroatoms. The first-order chi connectivity index (χ1) is 7.51. The second-order valence-electron chi connectivity index (χ2n) is 3.67. The van der Waals surface area contributed by atoms with Crippen LogP contribution in [-0.2, 0) is 14.3 Å². The van der Waals surface area contributed by atoms with Crippen molar-refractivity contribution in [3.8, 4) is 0 Å². The maximum absolute atomic E-state index is 10.9. The minimum absolute atomic E-state index is 0.371. The predicted octanol–water partition coefficient (Wildman–Crippen LogP) is -2.42. The van der Waals surface area contributed by atoms with Gasteiger partial charge in [-0.05, 0) is 0 Å². The highest BCUT2D eigenvalue weighted by Crippen LogP contribution is 2.21. The van der Waals surface area contributed by atoms with Gasteiger partial charge in [0.2, 0.25) is 5.91 Å². The molecule has 1 heterocycles. The number of methoxy groups -OCH3 is 1. The van der Waals surface area contributed by atoms with E-state index in [2.05, 4.69) is 5.32 Å². The van der Waals surface area contributed by atoms with Crippen molar-refractivity contribution in [3.63, 3.8) is 0 Å². The van der Waals surface area contributed by atoms with E-state index in [9.17, 15) is 15.0 Å². The Morgan fingerprint density at radius 1 is 1.44 bits per heavy atom. The van der Waals surface area contributed by atoms with E-state index in [-0.39, 0.29) is 5.91 Å². The number of aliphatic hydroxyl groups excluding tert-OH is 3. The molecule has 1 amide bonds. The molecule has 94 valence electrons. The van der Waals surface area contributed by atoms with Crippen LogP contribution in [0.5, 0.6) is 0 Å². The van der Waals surface area contributed by atoms with Crippen molar-refractivity contribution < 1.29 is 29.6 Å². The van der Waals surface area contributed by atoms with E-state index in [4.69, 9.17) is 14.6 Å². The van der Waals surface area contributed by atoms with Crippen LogP contribution in [0.1, 0.15) is 6.92 Å². The van der Waals surface area contributed by atoms with Crippen LogP contribution in [0, 0.1) is 0 Å². The maximum atomic E-state index is 10.9. The molecule has 0 aromatic carbocycles. The molecule has 1 aliphatic rings. The summed E-state index contributed by atoms with van der Waals surface area (Å²) in [5.41, 5.74) is 0. The second-order valence-corrected chi connectivity index (χ2v) is 3.67. The molecule has 0 aliphatic carbocycles. The second kappa shape index (κ2) is 5.55. The van der Waals surface area contributed by atoms with Crippen LogP contribution in [0.25, 0.3) is 0 Å². The Morgan fingerprint density at radius 2 is 2.06 bits per heavy atom. The van der Waals surface area contributed by atoms with Crippen LogP contribution in [0.3, 0.4) is 0 Å². The number of nitrogens with one attached hydrogen (secondary N) is 1. The Bertz CT molecular complexity index is 246. The highest BCUT2D eigenvalue weighted by molar-refractivity contribution is 5.73. The van der Waals surface area contributed by atoms with Gasteiger partial charge in [0.15, 0.2) is 6.29 Å². The van der Waals surface area contributed by atoms with E-state index in [1.54, 1.807) is 0 Å². The number of hydrogen-bond acceptors (Lipinski definition) is 6. The summed E-state index contributed by atoms with van der Waals surface area (Å²) < 4.78 is 10.1. The normalized spacial score (nSPS) is 39.4. The van der Waals surface area contributed by atoms with Gasteiger partial charge >= 0.3 is 0 Å². The van der Waals surface area contributed by atoms with E-state index in [0.717, 1.165) is 0 Å². The first-order valence-electron chi connectivity index (χ1n) is 4.93. The van der Waals surface area contributed by atoms with Gasteiger partial charge in [0.1, 0.15) is 24.4 Å². The lowest BCUT2D eigenvalue weighted by molar-refractivity contribution is -0.262. The maximum Gasteiger partial charge on any atom is 0.217 e. The van der Waals surface area contributed by atoms with Gasteiger partial charge in [-0.3, -0.25) is 4.79 Å². The van der Waals surface area contributed by atoms with Crippen molar-refractivity contribution in [3.05, 3.63) is 0 Å². The third-order valence-electron chi connectivity index (χ3n) is 2.48. The van der Waals surface area contributed by atoms with Crippen molar-refractivity contribution in [1.29, 1.82) is 0 Å². The molecule has 16 heavy (non-hydrogen) atoms. The van der Waals surface area contributed by atoms with Crippen LogP contribution in [-0.4, -0.2) is 65.6 Å². The van der Waals surface area contributed by atoms with Crippen molar-refractivity contribution in [2.45, 2.75) is 37.6 Å². The average Bonchev–Trinajstić information content (AvgIpc) is 2.25. The molecule has 0 spiro atoms. The number of hydrogen-bond donors (Lipinski definition) is 4. The number of ether oxygens (including phenoxy) is 2. The molecule has 0 radical (unpaired) electrons. The lowest BCUT2D eigenvalue weighted by Crippen LogP contribution is -2.64. The summed E-state index contributed by atoms with van der Waals surface area (Å²) in [4.78, 5) is 10.9. The van der Waals surface area contributed by atoms with Crippen molar-refractivity contribution >= 4 is 5.91 Å². The van der Waals surface area contributed by atoms with E-state index in [0.29, 0.717) is 0 Å². The highest BCUT2D eigenvalue weighted by Gasteiger charge is 2.44. The molecule has 0 aromatic rings. The SMILES string of the molecule is CO[13C@H]1O[C@H](CO)[C@@H](O)[C@H](O)[C@@H]1NC(C)=O. The Hall–Kier alpha value is -0.730. The molecular formula is C9H17NO6. The fourth-order valence-electron chi connectivity index (χ4n) is 1.67. The molecule has 0 saturated carbocycles. The third-order valence-corrected chi connectivity index (χ3v) is 2.48. The summed E-state index contributed by atoms with van der Waals surface area (Å²) in [6.45, 7) is 0.842. The van der Waals surface area contributed by atoms with Crippen LogP contribution < -0.4 is 5.32 Å². The van der Waals surface area contributed by atoms with Crippen molar-refractivity contribution in [1.82, 2.24) is 5.32 Å². The van der Waals surface area contributed by atoms with Gasteiger partial charge < -0.3 is 30.1 Å². The number of carbonyl (C=O) groups excluding carboxylic acids is 1. The van der Waals surface area contributed by atoms with Gasteiger partial charge in [-0.1, -0.05) is 0 Å². The van der Waals surface area contributed by atoms with E-state index in [1.807, 2.05) is 0 Å². The molecule has 4 N–H and O–H groups in total. The van der Waals surface area contributed by atoms with Gasteiger partial charge in [0.05, 0.1) is 6.61 Å². The Morgan fingerprint density at radius 3 is 2.50 bits per heavy atom. The topological polar surface area (TPSA) is 108 Å². The third kappa shape index (κ3) is 2.69. The summed E-state index contributed by atoms with van der Waals surface area (Å²) in [6.07, 6.45) is -4.35. The lowest BCUT2D eigenvalue weighted by atomic mass is 10.0. The first kappa shape index (κ1) is 13.3. The first-order valence-corrected chi connectivity index (χ1v) is 4.93. The molecule has 1 saturated heterocycles. The van der Waals surface area contributed by atoms with E-state index < -0.39 is 37.3 Å². The molecule has 0 aromatic heterocycles. The van der Waals surface area contributed by atoms with Crippen LogP contribution in [0.15, 0.2) is 0 Å². The van der Waals surface area contributed by atoms with Gasteiger partial charge in [-0.2, -0.15) is 0 Å². The Balaban J connectivity index is 2.77. The number of carbonyl (C=O) groups is 1. The molecule has 1 aliphatic heterocycles. The minimum atomic E-state index is -1.27. The Labute approximate surface area is 93.0 Å². The molecule has 1 fully saturated rings. The number of amides is 1. The largest absolute Gasteiger partial charge is 0.394 e. The van der Waals surface area contributed by atoms with Crippen molar-refractivity contribution in [2.75, 3.05) is 13.7 Å². The standard InChI is InChI=1S/C9H17NO6/c1-4(12)10-6-8(14)7(13)5(3-11)16-9(6)15-2/h5-9,11,13-14H,3H2,1-2H3,(H,10,12)/t5-,6+,7-,8-,9+/m1/s1/i9+1. The monoisotopic (exact) mass is 236 g/mol. The quantitative estimate of drug-likeness (QED) is 0.406. The number of rotatable bonds is 3. The molecule has 0 bridgehead atoms. The van der Waals surface area contributed by atoms with Gasteiger partial charge in [0, 0.05) is 14.0 Å². The lowest BCUT2D eigenvalue weighted by Gasteiger charge is -2.41. The Kier molecular flexibility index (Phi) is 4.63. The minimum Gasteiger partial charge on any atom is -0.394 e. The van der Waals surface area contributed by atoms with Crippen LogP contribution in [0.2, 0.25) is 0 Å². The predicted molar refractivity (Wildman–Crippen MR) is 52.4 cm³/mol. The molecule has 5 atom stereocenters. The fourth-order valence-corrected chi connectivity index (χ4v) is 1.67. The summed E-state index contributed by atoms with van der Waals surface area (Å²) in [6, 6.07) is -0.861. The van der Waals surface area contributed by atoms with Crippen LogP contribution >= 0.6 is 0 Å². The smallest absolute Gasteiger partial charge is 0.217 e. The fraction of sp³-hybridized carbons (Fsp3) is 0.889. The van der Waals surface area contributed by atoms with Crippen LogP contribution in [0.4, 0.5) is 0 Å². The van der Waals surface area contributed by atoms with E-state index >= 15 is 0 Å². The van der Waals surface area contributed by atoms with Gasteiger partial charge in [-0.15, -0.1) is 0 Å². The zero-order chi connectivity index (χ0) is 12.3. The van der Waals surface area contributed by atoms with Gasteiger partial charge in [-0.25, -0.2) is 0 Å². The molecular weight excluding hydrogens is 219 g/mol. The average molecular weight is 236 g/mol. The summed E-state index contributed by atoms with van der Waals surface area (Å²) in [5, 5.41) is 30.7. The molecule has 0 unspecified atom stereocenters. The summed E-state index contributed by atoms with van der Waals surface area (Å²) in [5.74, 6) is -0.371. The van der Waals surface area contributed by atoms with Gasteiger partial charge in [0.25, 0.3) is 0 Å². The number of aliphatic hydroxyl groups is 3. The zero-order valence-electron chi connectivity index (χ0n) is 9.16. The molecule has 7 nitrogen and oxygen atoms in total. The summed E-state index contributed by atoms with van der Waals surface area (Å²) >= 11 is 0. The summed E-state index contributed by atoms with van der Waals surface area (Å²) in [7, 11) is 1.35. The van der Waals surface area contributed by atoms with E-state index in [1.165, 1.54) is 14.0 Å². The molecule has 1 rings (SSSR count).